The zero-order valence-electron chi connectivity index (χ0n) is 15.8. The van der Waals surface area contributed by atoms with Gasteiger partial charge in [0, 0.05) is 24.5 Å². The molecule has 0 saturated heterocycles. The van der Waals surface area contributed by atoms with Gasteiger partial charge in [-0.1, -0.05) is 24.3 Å². The third kappa shape index (κ3) is 4.45. The molecule has 1 atom stereocenters. The van der Waals surface area contributed by atoms with Gasteiger partial charge in [-0.05, 0) is 45.4 Å². The van der Waals surface area contributed by atoms with E-state index in [0.29, 0.717) is 11.3 Å². The second-order valence-corrected chi connectivity index (χ2v) is 6.00. The molecule has 1 unspecified atom stereocenters. The minimum atomic E-state index is -0.535. The number of nitrogens with one attached hydrogen (secondary N) is 2. The second kappa shape index (κ2) is 9.08. The molecule has 1 aliphatic rings. The molecule has 2 rings (SSSR count). The molecule has 0 spiro atoms. The number of amides is 2. The van der Waals surface area contributed by atoms with E-state index in [-0.39, 0.29) is 12.6 Å². The molecule has 2 amide bonds. The predicted octanol–water partition coefficient (Wildman–Crippen LogP) is 3.28. The van der Waals surface area contributed by atoms with Crippen LogP contribution >= 0.6 is 0 Å². The number of benzene rings is 1. The van der Waals surface area contributed by atoms with Gasteiger partial charge in [-0.25, -0.2) is 9.59 Å². The Bertz CT molecular complexity index is 704. The molecule has 140 valence electrons. The lowest BCUT2D eigenvalue weighted by atomic mass is 9.95. The third-order valence-electron chi connectivity index (χ3n) is 4.39. The van der Waals surface area contributed by atoms with Crippen molar-refractivity contribution in [3.8, 4) is 0 Å². The third-order valence-corrected chi connectivity index (χ3v) is 4.39. The number of urea groups is 1. The van der Waals surface area contributed by atoms with Crippen molar-refractivity contribution in [1.29, 1.82) is 0 Å². The standard InChI is InChI=1S/C20H27N3O3/c1-5-8-13-26-19(24)17-14(4)21-20(25)22-18(17)15-9-11-16(12-10-15)23(6-2)7-3/h5,8-12,18H,6-7,13H2,1-4H3,(H2,21,22,25)/b8-5+. The Kier molecular flexibility index (Phi) is 6.83. The first-order chi connectivity index (χ1) is 12.5. The van der Waals surface area contributed by atoms with Gasteiger partial charge in [0.05, 0.1) is 11.6 Å². The van der Waals surface area contributed by atoms with Crippen molar-refractivity contribution in [1.82, 2.24) is 10.6 Å². The van der Waals surface area contributed by atoms with Gasteiger partial charge in [-0.3, -0.25) is 0 Å². The van der Waals surface area contributed by atoms with E-state index in [2.05, 4.69) is 29.4 Å². The van der Waals surface area contributed by atoms with Crippen LogP contribution in [0.5, 0.6) is 0 Å². The zero-order chi connectivity index (χ0) is 19.1. The predicted molar refractivity (Wildman–Crippen MR) is 103 cm³/mol. The summed E-state index contributed by atoms with van der Waals surface area (Å²) in [6.07, 6.45) is 3.58. The average Bonchev–Trinajstić information content (AvgIpc) is 2.62. The van der Waals surface area contributed by atoms with Crippen LogP contribution in [0.25, 0.3) is 0 Å². The average molecular weight is 357 g/mol. The number of anilines is 1. The van der Waals surface area contributed by atoms with Crippen molar-refractivity contribution in [3.05, 3.63) is 53.3 Å². The van der Waals surface area contributed by atoms with E-state index in [1.54, 1.807) is 13.0 Å². The summed E-state index contributed by atoms with van der Waals surface area (Å²) in [6.45, 7) is 9.82. The lowest BCUT2D eigenvalue weighted by Crippen LogP contribution is -2.45. The number of ether oxygens (including phenoxy) is 1. The van der Waals surface area contributed by atoms with Crippen molar-refractivity contribution in [2.24, 2.45) is 0 Å². The summed E-state index contributed by atoms with van der Waals surface area (Å²) in [5.74, 6) is -0.439. The fraction of sp³-hybridized carbons (Fsp3) is 0.400. The molecule has 1 aromatic rings. The summed E-state index contributed by atoms with van der Waals surface area (Å²) in [7, 11) is 0. The molecule has 0 aliphatic carbocycles. The maximum atomic E-state index is 12.5. The Morgan fingerprint density at radius 2 is 1.88 bits per heavy atom. The van der Waals surface area contributed by atoms with Gasteiger partial charge < -0.3 is 20.3 Å². The molecular formula is C20H27N3O3. The molecule has 0 fully saturated rings. The van der Waals surface area contributed by atoms with E-state index in [4.69, 9.17) is 4.74 Å². The van der Waals surface area contributed by atoms with Gasteiger partial charge >= 0.3 is 12.0 Å². The minimum Gasteiger partial charge on any atom is -0.458 e. The van der Waals surface area contributed by atoms with Gasteiger partial charge in [0.1, 0.15) is 6.61 Å². The summed E-state index contributed by atoms with van der Waals surface area (Å²) < 4.78 is 5.29. The van der Waals surface area contributed by atoms with E-state index < -0.39 is 12.0 Å². The van der Waals surface area contributed by atoms with Crippen molar-refractivity contribution >= 4 is 17.7 Å². The molecular weight excluding hydrogens is 330 g/mol. The van der Waals surface area contributed by atoms with E-state index in [9.17, 15) is 9.59 Å². The van der Waals surface area contributed by atoms with Crippen molar-refractivity contribution in [2.75, 3.05) is 24.6 Å². The van der Waals surface area contributed by atoms with Crippen LogP contribution in [-0.2, 0) is 9.53 Å². The van der Waals surface area contributed by atoms with Crippen LogP contribution in [0.2, 0.25) is 0 Å². The summed E-state index contributed by atoms with van der Waals surface area (Å²) in [5.41, 5.74) is 2.88. The SMILES string of the molecule is C/C=C/COC(=O)C1=C(C)NC(=O)NC1c1ccc(N(CC)CC)cc1. The van der Waals surface area contributed by atoms with Crippen molar-refractivity contribution in [2.45, 2.75) is 33.7 Å². The molecule has 0 saturated carbocycles. The molecule has 0 radical (unpaired) electrons. The Morgan fingerprint density at radius 3 is 2.46 bits per heavy atom. The monoisotopic (exact) mass is 357 g/mol. The Labute approximate surface area is 154 Å². The first kappa shape index (κ1) is 19.6. The molecule has 1 aliphatic heterocycles. The number of hydrogen-bond acceptors (Lipinski definition) is 4. The lowest BCUT2D eigenvalue weighted by Gasteiger charge is -2.28. The van der Waals surface area contributed by atoms with Crippen molar-refractivity contribution in [3.63, 3.8) is 0 Å². The molecule has 0 aromatic heterocycles. The first-order valence-corrected chi connectivity index (χ1v) is 8.93. The number of rotatable bonds is 7. The van der Waals surface area contributed by atoms with Gasteiger partial charge in [0.2, 0.25) is 0 Å². The van der Waals surface area contributed by atoms with Crippen LogP contribution < -0.4 is 15.5 Å². The molecule has 0 bridgehead atoms. The molecule has 2 N–H and O–H groups in total. The summed E-state index contributed by atoms with van der Waals surface area (Å²) in [4.78, 5) is 26.7. The van der Waals surface area contributed by atoms with Crippen molar-refractivity contribution < 1.29 is 14.3 Å². The molecule has 26 heavy (non-hydrogen) atoms. The number of hydrogen-bond donors (Lipinski definition) is 2. The Hall–Kier alpha value is -2.76. The van der Waals surface area contributed by atoms with Gasteiger partial charge in [-0.2, -0.15) is 0 Å². The van der Waals surface area contributed by atoms with Crippen LogP contribution in [0.3, 0.4) is 0 Å². The van der Waals surface area contributed by atoms with Crippen LogP contribution in [0.4, 0.5) is 10.5 Å². The van der Waals surface area contributed by atoms with Gasteiger partial charge in [0.15, 0.2) is 0 Å². The normalized spacial score (nSPS) is 17.1. The van der Waals surface area contributed by atoms with E-state index in [0.717, 1.165) is 24.3 Å². The highest BCUT2D eigenvalue weighted by molar-refractivity contribution is 5.95. The van der Waals surface area contributed by atoms with E-state index >= 15 is 0 Å². The number of carbonyl (C=O) groups excluding carboxylic acids is 2. The van der Waals surface area contributed by atoms with E-state index in [1.807, 2.05) is 37.3 Å². The highest BCUT2D eigenvalue weighted by atomic mass is 16.5. The van der Waals surface area contributed by atoms with Gasteiger partial charge in [-0.15, -0.1) is 0 Å². The van der Waals surface area contributed by atoms with Gasteiger partial charge in [0.25, 0.3) is 0 Å². The lowest BCUT2D eigenvalue weighted by molar-refractivity contribution is -0.138. The highest BCUT2D eigenvalue weighted by Gasteiger charge is 2.32. The number of esters is 1. The maximum Gasteiger partial charge on any atom is 0.338 e. The van der Waals surface area contributed by atoms with Crippen LogP contribution in [-0.4, -0.2) is 31.7 Å². The summed E-state index contributed by atoms with van der Waals surface area (Å²) >= 11 is 0. The largest absolute Gasteiger partial charge is 0.458 e. The highest BCUT2D eigenvalue weighted by Crippen LogP contribution is 2.29. The number of nitrogens with zero attached hydrogens (tertiary/aromatic N) is 1. The number of carbonyl (C=O) groups is 2. The van der Waals surface area contributed by atoms with Crippen LogP contribution in [0.15, 0.2) is 47.7 Å². The maximum absolute atomic E-state index is 12.5. The molecule has 1 aromatic carbocycles. The van der Waals surface area contributed by atoms with E-state index in [1.165, 1.54) is 0 Å². The zero-order valence-corrected chi connectivity index (χ0v) is 15.8. The quantitative estimate of drug-likeness (QED) is 0.580. The van der Waals surface area contributed by atoms with Crippen LogP contribution in [0.1, 0.15) is 39.3 Å². The topological polar surface area (TPSA) is 70.7 Å². The summed E-state index contributed by atoms with van der Waals surface area (Å²) in [5, 5.41) is 5.47. The number of allylic oxidation sites excluding steroid dienone is 2. The minimum absolute atomic E-state index is 0.202. The van der Waals surface area contributed by atoms with Crippen LogP contribution in [0, 0.1) is 0 Å². The second-order valence-electron chi connectivity index (χ2n) is 6.00. The molecule has 6 nitrogen and oxygen atoms in total. The fourth-order valence-electron chi connectivity index (χ4n) is 2.98. The summed E-state index contributed by atoms with van der Waals surface area (Å²) in [6, 6.07) is 7.04. The fourth-order valence-corrected chi connectivity index (χ4v) is 2.98. The Balaban J connectivity index is 2.30. The molecule has 1 heterocycles. The first-order valence-electron chi connectivity index (χ1n) is 8.93. The Morgan fingerprint density at radius 1 is 1.23 bits per heavy atom. The smallest absolute Gasteiger partial charge is 0.338 e. The molecule has 6 heteroatoms.